The van der Waals surface area contributed by atoms with Crippen molar-refractivity contribution in [1.82, 2.24) is 15.1 Å². The summed E-state index contributed by atoms with van der Waals surface area (Å²) >= 11 is 0. The molecule has 0 aromatic heterocycles. The van der Waals surface area contributed by atoms with Gasteiger partial charge in [-0.05, 0) is 73.3 Å². The van der Waals surface area contributed by atoms with E-state index in [-0.39, 0.29) is 5.97 Å². The largest absolute Gasteiger partial charge is 0.468 e. The molecule has 1 fully saturated rings. The molecule has 0 saturated carbocycles. The summed E-state index contributed by atoms with van der Waals surface area (Å²) < 4.78 is 4.92. The number of likely N-dealkylation sites (tertiary alicyclic amines) is 1. The average molecular weight is 299 g/mol. The molecule has 0 spiro atoms. The third kappa shape index (κ3) is 5.24. The maximum Gasteiger partial charge on any atom is 0.325 e. The van der Waals surface area contributed by atoms with E-state index in [4.69, 9.17) is 4.74 Å². The lowest BCUT2D eigenvalue weighted by atomic mass is 9.91. The summed E-state index contributed by atoms with van der Waals surface area (Å²) in [4.78, 5) is 16.7. The molecule has 2 atom stereocenters. The van der Waals surface area contributed by atoms with Crippen LogP contribution in [0.4, 0.5) is 0 Å². The second kappa shape index (κ2) is 8.11. The molecule has 1 saturated heterocycles. The van der Waals surface area contributed by atoms with Crippen LogP contribution in [0.1, 0.15) is 33.1 Å². The van der Waals surface area contributed by atoms with Gasteiger partial charge in [0, 0.05) is 12.6 Å². The van der Waals surface area contributed by atoms with E-state index in [2.05, 4.69) is 36.1 Å². The van der Waals surface area contributed by atoms with E-state index in [9.17, 15) is 4.79 Å². The molecule has 0 aliphatic carbocycles. The van der Waals surface area contributed by atoms with Crippen molar-refractivity contribution >= 4 is 5.97 Å². The lowest BCUT2D eigenvalue weighted by Crippen LogP contribution is -2.52. The predicted octanol–water partition coefficient (Wildman–Crippen LogP) is 1.19. The average Bonchev–Trinajstić information content (AvgIpc) is 2.48. The van der Waals surface area contributed by atoms with Gasteiger partial charge in [0.15, 0.2) is 0 Å². The molecular formula is C16H33N3O2. The second-order valence-electron chi connectivity index (χ2n) is 6.81. The molecule has 1 aliphatic heterocycles. The van der Waals surface area contributed by atoms with Gasteiger partial charge in [-0.25, -0.2) is 0 Å². The van der Waals surface area contributed by atoms with Crippen LogP contribution in [0.15, 0.2) is 0 Å². The van der Waals surface area contributed by atoms with Crippen LogP contribution in [0.5, 0.6) is 0 Å². The molecule has 2 unspecified atom stereocenters. The highest BCUT2D eigenvalue weighted by Crippen LogP contribution is 2.21. The normalized spacial score (nSPS) is 22.0. The van der Waals surface area contributed by atoms with Crippen LogP contribution in [0, 0.1) is 5.92 Å². The van der Waals surface area contributed by atoms with Crippen molar-refractivity contribution in [3.05, 3.63) is 0 Å². The molecule has 1 N–H and O–H groups in total. The third-order valence-corrected chi connectivity index (χ3v) is 5.03. The van der Waals surface area contributed by atoms with Crippen molar-refractivity contribution in [2.45, 2.75) is 44.7 Å². The van der Waals surface area contributed by atoms with Crippen molar-refractivity contribution in [3.63, 3.8) is 0 Å². The minimum atomic E-state index is -0.616. The Hall–Kier alpha value is -0.650. The SMILES string of the molecule is CNC(C)(CC(C)N(C)CC1CCN(C)CC1)C(=O)OC. The highest BCUT2D eigenvalue weighted by atomic mass is 16.5. The quantitative estimate of drug-likeness (QED) is 0.716. The minimum Gasteiger partial charge on any atom is -0.468 e. The molecule has 0 aromatic carbocycles. The maximum absolute atomic E-state index is 11.9. The van der Waals surface area contributed by atoms with Crippen molar-refractivity contribution in [3.8, 4) is 0 Å². The molecule has 21 heavy (non-hydrogen) atoms. The molecule has 5 nitrogen and oxygen atoms in total. The fourth-order valence-corrected chi connectivity index (χ4v) is 3.09. The molecule has 0 bridgehead atoms. The first-order valence-electron chi connectivity index (χ1n) is 7.98. The Balaban J connectivity index is 2.49. The summed E-state index contributed by atoms with van der Waals surface area (Å²) in [5.41, 5.74) is -0.616. The number of nitrogens with one attached hydrogen (secondary N) is 1. The zero-order valence-electron chi connectivity index (χ0n) is 14.6. The van der Waals surface area contributed by atoms with Gasteiger partial charge in [0.2, 0.25) is 0 Å². The van der Waals surface area contributed by atoms with E-state index in [1.54, 1.807) is 0 Å². The van der Waals surface area contributed by atoms with Gasteiger partial charge >= 0.3 is 5.97 Å². The lowest BCUT2D eigenvalue weighted by Gasteiger charge is -2.37. The number of nitrogens with zero attached hydrogens (tertiary/aromatic N) is 2. The van der Waals surface area contributed by atoms with Gasteiger partial charge < -0.3 is 19.9 Å². The number of hydrogen-bond acceptors (Lipinski definition) is 5. The van der Waals surface area contributed by atoms with E-state index in [1.165, 1.54) is 33.0 Å². The van der Waals surface area contributed by atoms with Crippen LogP contribution in [0.2, 0.25) is 0 Å². The summed E-state index contributed by atoms with van der Waals surface area (Å²) in [6.07, 6.45) is 3.29. The first-order valence-corrected chi connectivity index (χ1v) is 7.98. The number of piperidine rings is 1. The standard InChI is InChI=1S/C16H33N3O2/c1-13(11-16(2,17-3)15(20)21-6)19(5)12-14-7-9-18(4)10-8-14/h13-14,17H,7-12H2,1-6H3. The number of carbonyl (C=O) groups excluding carboxylic acids is 1. The molecule has 5 heteroatoms. The van der Waals surface area contributed by atoms with Crippen LogP contribution in [0.25, 0.3) is 0 Å². The Labute approximate surface area is 130 Å². The molecule has 1 aliphatic rings. The predicted molar refractivity (Wildman–Crippen MR) is 86.4 cm³/mol. The van der Waals surface area contributed by atoms with Gasteiger partial charge in [-0.2, -0.15) is 0 Å². The molecule has 1 rings (SSSR count). The molecule has 124 valence electrons. The van der Waals surface area contributed by atoms with Crippen LogP contribution in [-0.4, -0.2) is 75.2 Å². The first-order chi connectivity index (χ1) is 9.82. The Kier molecular flexibility index (Phi) is 7.10. The van der Waals surface area contributed by atoms with Crippen molar-refractivity contribution < 1.29 is 9.53 Å². The molecular weight excluding hydrogens is 266 g/mol. The number of ether oxygens (including phenoxy) is 1. The van der Waals surface area contributed by atoms with Gasteiger partial charge in [-0.15, -0.1) is 0 Å². The smallest absolute Gasteiger partial charge is 0.325 e. The maximum atomic E-state index is 11.9. The fourth-order valence-electron chi connectivity index (χ4n) is 3.09. The molecule has 0 aromatic rings. The fraction of sp³-hybridized carbons (Fsp3) is 0.938. The summed E-state index contributed by atoms with van der Waals surface area (Å²) in [5.74, 6) is 0.581. The zero-order chi connectivity index (χ0) is 16.0. The van der Waals surface area contributed by atoms with Gasteiger partial charge in [-0.1, -0.05) is 0 Å². The number of methoxy groups -OCH3 is 1. The Morgan fingerprint density at radius 3 is 2.52 bits per heavy atom. The Bertz CT molecular complexity index is 329. The van der Waals surface area contributed by atoms with Crippen LogP contribution < -0.4 is 5.32 Å². The third-order valence-electron chi connectivity index (χ3n) is 5.03. The second-order valence-corrected chi connectivity index (χ2v) is 6.81. The summed E-state index contributed by atoms with van der Waals surface area (Å²) in [7, 11) is 7.62. The van der Waals surface area contributed by atoms with Gasteiger partial charge in [0.1, 0.15) is 5.54 Å². The topological polar surface area (TPSA) is 44.8 Å². The molecule has 0 radical (unpaired) electrons. The van der Waals surface area contributed by atoms with E-state index < -0.39 is 5.54 Å². The van der Waals surface area contributed by atoms with E-state index in [1.807, 2.05) is 14.0 Å². The van der Waals surface area contributed by atoms with E-state index >= 15 is 0 Å². The van der Waals surface area contributed by atoms with Gasteiger partial charge in [-0.3, -0.25) is 4.79 Å². The number of carbonyl (C=O) groups is 1. The monoisotopic (exact) mass is 299 g/mol. The number of rotatable bonds is 7. The first kappa shape index (κ1) is 18.4. The zero-order valence-corrected chi connectivity index (χ0v) is 14.6. The van der Waals surface area contributed by atoms with Crippen molar-refractivity contribution in [2.24, 2.45) is 5.92 Å². The van der Waals surface area contributed by atoms with Crippen LogP contribution >= 0.6 is 0 Å². The highest BCUT2D eigenvalue weighted by Gasteiger charge is 2.35. The number of likely N-dealkylation sites (N-methyl/N-ethyl adjacent to an activating group) is 1. The summed E-state index contributed by atoms with van der Waals surface area (Å²) in [6.45, 7) is 7.61. The van der Waals surface area contributed by atoms with Crippen molar-refractivity contribution in [1.29, 1.82) is 0 Å². The van der Waals surface area contributed by atoms with Crippen molar-refractivity contribution in [2.75, 3.05) is 47.9 Å². The lowest BCUT2D eigenvalue weighted by molar-refractivity contribution is -0.148. The van der Waals surface area contributed by atoms with E-state index in [0.29, 0.717) is 6.04 Å². The van der Waals surface area contributed by atoms with Crippen LogP contribution in [0.3, 0.4) is 0 Å². The van der Waals surface area contributed by atoms with Gasteiger partial charge in [0.05, 0.1) is 7.11 Å². The summed E-state index contributed by atoms with van der Waals surface area (Å²) in [6, 6.07) is 0.334. The molecule has 1 heterocycles. The summed E-state index contributed by atoms with van der Waals surface area (Å²) in [5, 5.41) is 3.12. The van der Waals surface area contributed by atoms with Gasteiger partial charge in [0.25, 0.3) is 0 Å². The highest BCUT2D eigenvalue weighted by molar-refractivity contribution is 5.80. The number of hydrogen-bond donors (Lipinski definition) is 1. The van der Waals surface area contributed by atoms with E-state index in [0.717, 1.165) is 18.9 Å². The Morgan fingerprint density at radius 2 is 2.05 bits per heavy atom. The minimum absolute atomic E-state index is 0.190. The number of esters is 1. The Morgan fingerprint density at radius 1 is 1.48 bits per heavy atom. The molecule has 0 amide bonds. The van der Waals surface area contributed by atoms with Crippen LogP contribution in [-0.2, 0) is 9.53 Å².